The maximum absolute atomic E-state index is 13.5. The molecule has 1 aliphatic rings. The first-order valence-electron chi connectivity index (χ1n) is 8.54. The standard InChI is InChI=1S/C20H20ClFN2O2/c1-12-6-7-14(21)10-18(12)24-20(26)16-11-15(16)19(25)23-9-8-13-4-2-3-5-17(13)22/h2-7,10,15-16H,8-9,11H2,1H3,(H,23,25)(H,24,26). The zero-order chi connectivity index (χ0) is 18.7. The summed E-state index contributed by atoms with van der Waals surface area (Å²) in [5.74, 6) is -1.27. The van der Waals surface area contributed by atoms with Crippen molar-refractivity contribution < 1.29 is 14.0 Å². The van der Waals surface area contributed by atoms with E-state index in [0.29, 0.717) is 35.7 Å². The Morgan fingerprint density at radius 1 is 1.15 bits per heavy atom. The molecule has 2 amide bonds. The lowest BCUT2D eigenvalue weighted by Gasteiger charge is -2.09. The lowest BCUT2D eigenvalue weighted by atomic mass is 10.1. The van der Waals surface area contributed by atoms with Crippen LogP contribution < -0.4 is 10.6 Å². The minimum absolute atomic E-state index is 0.163. The van der Waals surface area contributed by atoms with E-state index in [4.69, 9.17) is 11.6 Å². The molecule has 1 fully saturated rings. The van der Waals surface area contributed by atoms with E-state index in [1.54, 1.807) is 30.3 Å². The Bertz CT molecular complexity index is 840. The zero-order valence-electron chi connectivity index (χ0n) is 14.4. The van der Waals surface area contributed by atoms with Crippen LogP contribution in [0.4, 0.5) is 10.1 Å². The Labute approximate surface area is 156 Å². The molecular weight excluding hydrogens is 355 g/mol. The molecule has 2 unspecified atom stereocenters. The number of nitrogens with one attached hydrogen (secondary N) is 2. The predicted octanol–water partition coefficient (Wildman–Crippen LogP) is 3.72. The highest BCUT2D eigenvalue weighted by molar-refractivity contribution is 6.31. The summed E-state index contributed by atoms with van der Waals surface area (Å²) in [6, 6.07) is 11.8. The van der Waals surface area contributed by atoms with Crippen LogP contribution in [0.25, 0.3) is 0 Å². The Balaban J connectivity index is 1.47. The number of hydrogen-bond donors (Lipinski definition) is 2. The van der Waals surface area contributed by atoms with Gasteiger partial charge in [-0.05, 0) is 49.1 Å². The van der Waals surface area contributed by atoms with Gasteiger partial charge in [0.1, 0.15) is 5.82 Å². The van der Waals surface area contributed by atoms with Gasteiger partial charge >= 0.3 is 0 Å². The molecule has 0 bridgehead atoms. The number of benzene rings is 2. The molecule has 26 heavy (non-hydrogen) atoms. The van der Waals surface area contributed by atoms with Crippen LogP contribution in [0.15, 0.2) is 42.5 Å². The fourth-order valence-corrected chi connectivity index (χ4v) is 3.05. The summed E-state index contributed by atoms with van der Waals surface area (Å²) >= 11 is 5.95. The summed E-state index contributed by atoms with van der Waals surface area (Å²) in [7, 11) is 0. The summed E-state index contributed by atoms with van der Waals surface area (Å²) in [6.45, 7) is 2.23. The number of carbonyl (C=O) groups excluding carboxylic acids is 2. The smallest absolute Gasteiger partial charge is 0.228 e. The topological polar surface area (TPSA) is 58.2 Å². The van der Waals surface area contributed by atoms with Gasteiger partial charge in [-0.15, -0.1) is 0 Å². The molecule has 1 aliphatic carbocycles. The molecule has 4 nitrogen and oxygen atoms in total. The van der Waals surface area contributed by atoms with Crippen LogP contribution in [0.1, 0.15) is 17.5 Å². The van der Waals surface area contributed by atoms with E-state index in [0.717, 1.165) is 5.56 Å². The van der Waals surface area contributed by atoms with Crippen molar-refractivity contribution >= 4 is 29.1 Å². The fourth-order valence-electron chi connectivity index (χ4n) is 2.88. The summed E-state index contributed by atoms with van der Waals surface area (Å²) < 4.78 is 13.5. The Morgan fingerprint density at radius 3 is 2.65 bits per heavy atom. The van der Waals surface area contributed by atoms with Gasteiger partial charge in [0.05, 0.1) is 11.8 Å². The van der Waals surface area contributed by atoms with Crippen LogP contribution in [0.2, 0.25) is 5.02 Å². The molecule has 0 aromatic heterocycles. The van der Waals surface area contributed by atoms with Crippen LogP contribution in [-0.2, 0) is 16.0 Å². The Hall–Kier alpha value is -2.40. The van der Waals surface area contributed by atoms with Gasteiger partial charge in [-0.3, -0.25) is 9.59 Å². The third-order valence-electron chi connectivity index (χ3n) is 4.57. The molecule has 0 spiro atoms. The van der Waals surface area contributed by atoms with Crippen molar-refractivity contribution in [2.45, 2.75) is 19.8 Å². The lowest BCUT2D eigenvalue weighted by molar-refractivity contribution is -0.125. The fraction of sp³-hybridized carbons (Fsp3) is 0.300. The van der Waals surface area contributed by atoms with Crippen LogP contribution >= 0.6 is 11.6 Å². The first-order chi connectivity index (χ1) is 12.5. The number of rotatable bonds is 6. The molecular formula is C20H20ClFN2O2. The van der Waals surface area contributed by atoms with Crippen molar-refractivity contribution in [2.75, 3.05) is 11.9 Å². The summed E-state index contributed by atoms with van der Waals surface area (Å²) in [4.78, 5) is 24.5. The van der Waals surface area contributed by atoms with Crippen molar-refractivity contribution in [3.05, 3.63) is 64.4 Å². The molecule has 3 rings (SSSR count). The van der Waals surface area contributed by atoms with Gasteiger partial charge in [-0.2, -0.15) is 0 Å². The Kier molecular flexibility index (Phi) is 5.57. The highest BCUT2D eigenvalue weighted by Crippen LogP contribution is 2.39. The van der Waals surface area contributed by atoms with Gasteiger partial charge < -0.3 is 10.6 Å². The molecule has 2 aromatic rings. The van der Waals surface area contributed by atoms with E-state index < -0.39 is 0 Å². The van der Waals surface area contributed by atoms with Crippen LogP contribution in [0.5, 0.6) is 0 Å². The molecule has 2 atom stereocenters. The highest BCUT2D eigenvalue weighted by atomic mass is 35.5. The molecule has 136 valence electrons. The van der Waals surface area contributed by atoms with E-state index in [-0.39, 0.29) is 29.5 Å². The quantitative estimate of drug-likeness (QED) is 0.809. The summed E-state index contributed by atoms with van der Waals surface area (Å²) in [6.07, 6.45) is 0.945. The monoisotopic (exact) mass is 374 g/mol. The molecule has 1 saturated carbocycles. The number of amides is 2. The van der Waals surface area contributed by atoms with E-state index in [9.17, 15) is 14.0 Å². The van der Waals surface area contributed by atoms with Crippen LogP contribution in [0.3, 0.4) is 0 Å². The van der Waals surface area contributed by atoms with Crippen molar-refractivity contribution in [1.29, 1.82) is 0 Å². The van der Waals surface area contributed by atoms with Gasteiger partial charge in [0.15, 0.2) is 0 Å². The van der Waals surface area contributed by atoms with Gasteiger partial charge in [0.2, 0.25) is 11.8 Å². The minimum Gasteiger partial charge on any atom is -0.356 e. The van der Waals surface area contributed by atoms with Crippen molar-refractivity contribution in [3.8, 4) is 0 Å². The lowest BCUT2D eigenvalue weighted by Crippen LogP contribution is -2.29. The van der Waals surface area contributed by atoms with Gasteiger partial charge in [-0.25, -0.2) is 4.39 Å². The van der Waals surface area contributed by atoms with Crippen molar-refractivity contribution in [1.82, 2.24) is 5.32 Å². The molecule has 0 saturated heterocycles. The number of halogens is 2. The maximum atomic E-state index is 13.5. The largest absolute Gasteiger partial charge is 0.356 e. The molecule has 2 N–H and O–H groups in total. The molecule has 0 radical (unpaired) electrons. The molecule has 2 aromatic carbocycles. The predicted molar refractivity (Wildman–Crippen MR) is 99.5 cm³/mol. The second kappa shape index (κ2) is 7.87. The second-order valence-electron chi connectivity index (χ2n) is 6.53. The van der Waals surface area contributed by atoms with Gasteiger partial charge in [-0.1, -0.05) is 35.9 Å². The number of hydrogen-bond acceptors (Lipinski definition) is 2. The average Bonchev–Trinajstić information content (AvgIpc) is 3.41. The van der Waals surface area contributed by atoms with Crippen molar-refractivity contribution in [2.24, 2.45) is 11.8 Å². The van der Waals surface area contributed by atoms with Crippen LogP contribution in [-0.4, -0.2) is 18.4 Å². The first-order valence-corrected chi connectivity index (χ1v) is 8.91. The average molecular weight is 375 g/mol. The number of aryl methyl sites for hydroxylation is 1. The van der Waals surface area contributed by atoms with Gasteiger partial charge in [0.25, 0.3) is 0 Å². The minimum atomic E-state index is -0.332. The third-order valence-corrected chi connectivity index (χ3v) is 4.81. The number of anilines is 1. The molecule has 0 heterocycles. The SMILES string of the molecule is Cc1ccc(Cl)cc1NC(=O)C1CC1C(=O)NCCc1ccccc1F. The third kappa shape index (κ3) is 4.41. The van der Waals surface area contributed by atoms with E-state index >= 15 is 0 Å². The molecule has 0 aliphatic heterocycles. The van der Waals surface area contributed by atoms with Crippen LogP contribution in [0, 0.1) is 24.6 Å². The summed E-state index contributed by atoms with van der Waals surface area (Å²) in [5, 5.41) is 6.16. The van der Waals surface area contributed by atoms with E-state index in [1.807, 2.05) is 13.0 Å². The van der Waals surface area contributed by atoms with Crippen molar-refractivity contribution in [3.63, 3.8) is 0 Å². The first kappa shape index (κ1) is 18.4. The highest BCUT2D eigenvalue weighted by Gasteiger charge is 2.47. The molecule has 6 heteroatoms. The maximum Gasteiger partial charge on any atom is 0.228 e. The zero-order valence-corrected chi connectivity index (χ0v) is 15.1. The van der Waals surface area contributed by atoms with E-state index in [2.05, 4.69) is 10.6 Å². The number of carbonyl (C=O) groups is 2. The second-order valence-corrected chi connectivity index (χ2v) is 6.97. The Morgan fingerprint density at radius 2 is 1.88 bits per heavy atom. The summed E-state index contributed by atoms with van der Waals surface area (Å²) in [5.41, 5.74) is 2.14. The normalized spacial score (nSPS) is 18.3. The van der Waals surface area contributed by atoms with Gasteiger partial charge in [0, 0.05) is 17.3 Å². The van der Waals surface area contributed by atoms with E-state index in [1.165, 1.54) is 6.07 Å².